The average molecular weight is 853 g/mol. The molecule has 0 unspecified atom stereocenters. The molecule has 0 heterocycles. The van der Waals surface area contributed by atoms with E-state index in [1.54, 1.807) is 24.3 Å². The minimum atomic E-state index is -0.440. The van der Waals surface area contributed by atoms with E-state index < -0.39 is 5.97 Å². The number of ether oxygens (including phenoxy) is 3. The van der Waals surface area contributed by atoms with Crippen molar-refractivity contribution in [3.8, 4) is 5.75 Å². The third-order valence-corrected chi connectivity index (χ3v) is 12.3. The molecule has 0 amide bonds. The first-order valence-corrected chi connectivity index (χ1v) is 22.5. The number of aryl methyl sites for hydroxylation is 1. The second kappa shape index (κ2) is 23.9. The molecular formula is C51H60N6O6. The van der Waals surface area contributed by atoms with Crippen molar-refractivity contribution >= 4 is 52.0 Å². The summed E-state index contributed by atoms with van der Waals surface area (Å²) in [6, 6.07) is 28.4. The Morgan fingerprint density at radius 1 is 0.587 bits per heavy atom. The fourth-order valence-corrected chi connectivity index (χ4v) is 8.48. The first-order chi connectivity index (χ1) is 30.7. The summed E-state index contributed by atoms with van der Waals surface area (Å²) in [5, 5.41) is 26.4. The summed E-state index contributed by atoms with van der Waals surface area (Å²) in [4.78, 5) is 36.8. The third-order valence-electron chi connectivity index (χ3n) is 12.3. The summed E-state index contributed by atoms with van der Waals surface area (Å²) in [6.45, 7) is 10.4. The van der Waals surface area contributed by atoms with Crippen LogP contribution in [-0.2, 0) is 23.9 Å². The lowest BCUT2D eigenvalue weighted by molar-refractivity contribution is -0.151. The molecule has 63 heavy (non-hydrogen) atoms. The molecule has 0 spiro atoms. The Morgan fingerprint density at radius 2 is 1.03 bits per heavy atom. The molecule has 2 aliphatic carbocycles. The number of azo groups is 3. The quantitative estimate of drug-likeness (QED) is 0.0301. The van der Waals surface area contributed by atoms with Gasteiger partial charge in [0.1, 0.15) is 5.75 Å². The molecule has 12 nitrogen and oxygen atoms in total. The van der Waals surface area contributed by atoms with E-state index >= 15 is 0 Å². The molecule has 0 bridgehead atoms. The fraction of sp³-hybridized carbons (Fsp3) is 0.431. The van der Waals surface area contributed by atoms with Crippen LogP contribution in [0.5, 0.6) is 5.75 Å². The summed E-state index contributed by atoms with van der Waals surface area (Å²) < 4.78 is 16.2. The van der Waals surface area contributed by atoms with Crippen molar-refractivity contribution in [2.75, 3.05) is 13.2 Å². The first kappa shape index (κ1) is 46.3. The molecule has 2 saturated carbocycles. The number of esters is 3. The molecule has 4 aromatic rings. The fourth-order valence-electron chi connectivity index (χ4n) is 8.48. The monoisotopic (exact) mass is 852 g/mol. The van der Waals surface area contributed by atoms with Crippen LogP contribution in [-0.4, -0.2) is 31.1 Å². The van der Waals surface area contributed by atoms with E-state index in [0.29, 0.717) is 66.6 Å². The molecule has 0 aromatic heterocycles. The maximum absolute atomic E-state index is 13.1. The summed E-state index contributed by atoms with van der Waals surface area (Å²) in [5.74, 6) is 1.30. The highest BCUT2D eigenvalue weighted by Crippen LogP contribution is 2.42. The average Bonchev–Trinajstić information content (AvgIpc) is 3.32. The van der Waals surface area contributed by atoms with Gasteiger partial charge in [-0.3, -0.25) is 9.59 Å². The molecular weight excluding hydrogens is 793 g/mol. The van der Waals surface area contributed by atoms with E-state index in [0.717, 1.165) is 92.9 Å². The molecule has 2 aliphatic rings. The van der Waals surface area contributed by atoms with Crippen LogP contribution in [0.15, 0.2) is 134 Å². The zero-order valence-corrected chi connectivity index (χ0v) is 36.9. The zero-order valence-electron chi connectivity index (χ0n) is 36.9. The molecule has 0 radical (unpaired) electrons. The van der Waals surface area contributed by atoms with E-state index in [-0.39, 0.29) is 23.8 Å². The Labute approximate surface area is 371 Å². The van der Waals surface area contributed by atoms with Crippen LogP contribution in [0.25, 0.3) is 0 Å². The lowest BCUT2D eigenvalue weighted by atomic mass is 9.69. The molecule has 12 heteroatoms. The highest BCUT2D eigenvalue weighted by molar-refractivity contribution is 5.81. The number of unbranched alkanes of at least 4 members (excludes halogenated alkanes) is 1. The number of nitrogens with zero attached hydrogens (tertiary/aromatic N) is 6. The maximum Gasteiger partial charge on any atom is 0.330 e. The van der Waals surface area contributed by atoms with Crippen LogP contribution in [0.1, 0.15) is 108 Å². The van der Waals surface area contributed by atoms with Gasteiger partial charge >= 0.3 is 17.9 Å². The van der Waals surface area contributed by atoms with Gasteiger partial charge in [-0.1, -0.05) is 32.6 Å². The van der Waals surface area contributed by atoms with Gasteiger partial charge in [0.05, 0.1) is 59.2 Å². The Hall–Kier alpha value is -6.17. The van der Waals surface area contributed by atoms with E-state index in [1.807, 2.05) is 61.5 Å². The summed E-state index contributed by atoms with van der Waals surface area (Å²) in [6.07, 6.45) is 12.0. The SMILES string of the molecule is C=CC(=O)OCCCCOC(=O)C1CCC(C2CCC(C(=O)Oc3ccc(N=Nc4ccc(N=Nc5ccc(N=Nc6ccc(C(CC)CC)cc6)cc5C)cc4)cc3)CC2)CC1. The first-order valence-electron chi connectivity index (χ1n) is 22.5. The van der Waals surface area contributed by atoms with Gasteiger partial charge in [0.15, 0.2) is 0 Å². The Morgan fingerprint density at radius 3 is 1.54 bits per heavy atom. The number of carbonyl (C=O) groups excluding carboxylic acids is 3. The lowest BCUT2D eigenvalue weighted by Crippen LogP contribution is -2.31. The van der Waals surface area contributed by atoms with Crippen molar-refractivity contribution in [2.24, 2.45) is 54.4 Å². The zero-order chi connectivity index (χ0) is 44.4. The van der Waals surface area contributed by atoms with Crippen LogP contribution in [0.4, 0.5) is 34.1 Å². The predicted octanol–water partition coefficient (Wildman–Crippen LogP) is 14.7. The number of benzene rings is 4. The minimum Gasteiger partial charge on any atom is -0.465 e. The molecule has 2 fully saturated rings. The second-order valence-corrected chi connectivity index (χ2v) is 16.6. The van der Waals surface area contributed by atoms with Crippen LogP contribution >= 0.6 is 0 Å². The summed E-state index contributed by atoms with van der Waals surface area (Å²) >= 11 is 0. The van der Waals surface area contributed by atoms with Gasteiger partial charge in [0, 0.05) is 6.08 Å². The van der Waals surface area contributed by atoms with Crippen LogP contribution in [0, 0.1) is 30.6 Å². The van der Waals surface area contributed by atoms with E-state index in [4.69, 9.17) is 14.2 Å². The molecule has 4 aromatic carbocycles. The molecule has 0 N–H and O–H groups in total. The van der Waals surface area contributed by atoms with Crippen molar-refractivity contribution in [3.63, 3.8) is 0 Å². The number of rotatable bonds is 19. The maximum atomic E-state index is 13.1. The van der Waals surface area contributed by atoms with Crippen molar-refractivity contribution < 1.29 is 28.6 Å². The molecule has 330 valence electrons. The molecule has 6 rings (SSSR count). The molecule has 0 atom stereocenters. The number of carbonyl (C=O) groups is 3. The van der Waals surface area contributed by atoms with Gasteiger partial charge in [-0.15, -0.1) is 0 Å². The van der Waals surface area contributed by atoms with Crippen molar-refractivity contribution in [1.29, 1.82) is 0 Å². The standard InChI is InChI=1S/C51H60N6O6/c1-5-36(6-2)37-18-20-42(21-19-37)54-56-46-28-31-48(35(4)34-46)57-55-44-24-22-43(23-25-44)52-53-45-26-29-47(30-27-45)63-51(60)41-16-12-39(13-17-41)38-10-14-40(15-11-38)50(59)62-33-9-8-32-61-49(58)7-3/h7,18-31,34,36,38-41H,3,5-6,8-17,32-33H2,1-2,4H3. The molecule has 0 aliphatic heterocycles. The van der Waals surface area contributed by atoms with Gasteiger partial charge in [-0.2, -0.15) is 30.7 Å². The highest BCUT2D eigenvalue weighted by Gasteiger charge is 2.35. The molecule has 0 saturated heterocycles. The van der Waals surface area contributed by atoms with Crippen molar-refractivity contribution in [1.82, 2.24) is 0 Å². The topological polar surface area (TPSA) is 153 Å². The van der Waals surface area contributed by atoms with Gasteiger partial charge in [0.25, 0.3) is 0 Å². The predicted molar refractivity (Wildman–Crippen MR) is 244 cm³/mol. The van der Waals surface area contributed by atoms with Gasteiger partial charge in [0.2, 0.25) is 0 Å². The van der Waals surface area contributed by atoms with Gasteiger partial charge in [-0.25, -0.2) is 4.79 Å². The Balaban J connectivity index is 0.881. The van der Waals surface area contributed by atoms with Crippen LogP contribution in [0.3, 0.4) is 0 Å². The van der Waals surface area contributed by atoms with E-state index in [2.05, 4.69) is 63.2 Å². The Bertz CT molecular complexity index is 2200. The second-order valence-electron chi connectivity index (χ2n) is 16.6. The van der Waals surface area contributed by atoms with Gasteiger partial charge < -0.3 is 14.2 Å². The van der Waals surface area contributed by atoms with E-state index in [1.165, 1.54) is 5.56 Å². The van der Waals surface area contributed by atoms with Crippen LogP contribution < -0.4 is 4.74 Å². The van der Waals surface area contributed by atoms with Crippen LogP contribution in [0.2, 0.25) is 0 Å². The normalized spacial score (nSPS) is 19.1. The minimum absolute atomic E-state index is 0.0474. The largest absolute Gasteiger partial charge is 0.465 e. The van der Waals surface area contributed by atoms with Gasteiger partial charge in [-0.05, 0) is 192 Å². The van der Waals surface area contributed by atoms with Crippen molar-refractivity contribution in [2.45, 2.75) is 104 Å². The summed E-state index contributed by atoms with van der Waals surface area (Å²) in [5.41, 5.74) is 6.59. The Kier molecular flexibility index (Phi) is 17.6. The van der Waals surface area contributed by atoms with Crippen molar-refractivity contribution in [3.05, 3.63) is 115 Å². The number of hydrogen-bond acceptors (Lipinski definition) is 12. The number of hydrogen-bond donors (Lipinski definition) is 0. The summed E-state index contributed by atoms with van der Waals surface area (Å²) in [7, 11) is 0. The lowest BCUT2D eigenvalue weighted by Gasteiger charge is -2.36. The smallest absolute Gasteiger partial charge is 0.330 e. The third kappa shape index (κ3) is 14.2. The van der Waals surface area contributed by atoms with E-state index in [9.17, 15) is 14.4 Å². The highest BCUT2D eigenvalue weighted by atomic mass is 16.5.